The third kappa shape index (κ3) is 5.50. The van der Waals surface area contributed by atoms with E-state index in [0.717, 1.165) is 38.9 Å². The zero-order valence-electron chi connectivity index (χ0n) is 10.3. The molecule has 15 heavy (non-hydrogen) atoms. The van der Waals surface area contributed by atoms with E-state index in [4.69, 9.17) is 4.74 Å². The largest absolute Gasteiger partial charge is 0.379 e. The molecule has 0 aromatic heterocycles. The Bertz CT molecular complexity index is 143. The lowest BCUT2D eigenvalue weighted by Crippen LogP contribution is -2.38. The van der Waals surface area contributed by atoms with Gasteiger partial charge in [0.1, 0.15) is 0 Å². The lowest BCUT2D eigenvalue weighted by molar-refractivity contribution is 0.0374. The van der Waals surface area contributed by atoms with Gasteiger partial charge in [0.05, 0.1) is 13.2 Å². The molecule has 1 heterocycles. The fourth-order valence-electron chi connectivity index (χ4n) is 2.01. The minimum Gasteiger partial charge on any atom is -0.379 e. The van der Waals surface area contributed by atoms with Gasteiger partial charge in [-0.25, -0.2) is 0 Å². The topological polar surface area (TPSA) is 24.5 Å². The SMILES string of the molecule is CCC(CC)NCCCN1CCOCC1. The molecule has 0 spiro atoms. The number of nitrogens with one attached hydrogen (secondary N) is 1. The number of ether oxygens (including phenoxy) is 1. The van der Waals surface area contributed by atoms with Gasteiger partial charge in [0.15, 0.2) is 0 Å². The quantitative estimate of drug-likeness (QED) is 0.650. The molecule has 0 aromatic carbocycles. The highest BCUT2D eigenvalue weighted by Gasteiger charge is 2.09. The van der Waals surface area contributed by atoms with Crippen LogP contribution in [0.15, 0.2) is 0 Å². The van der Waals surface area contributed by atoms with Crippen molar-refractivity contribution in [3.05, 3.63) is 0 Å². The van der Waals surface area contributed by atoms with Crippen LogP contribution in [0.4, 0.5) is 0 Å². The van der Waals surface area contributed by atoms with Gasteiger partial charge in [0.2, 0.25) is 0 Å². The van der Waals surface area contributed by atoms with Crippen molar-refractivity contribution in [2.24, 2.45) is 0 Å². The fraction of sp³-hybridized carbons (Fsp3) is 1.00. The maximum absolute atomic E-state index is 5.32. The minimum absolute atomic E-state index is 0.717. The van der Waals surface area contributed by atoms with Gasteiger partial charge in [-0.05, 0) is 32.4 Å². The van der Waals surface area contributed by atoms with Crippen LogP contribution in [-0.4, -0.2) is 50.3 Å². The highest BCUT2D eigenvalue weighted by Crippen LogP contribution is 1.99. The van der Waals surface area contributed by atoms with Crippen LogP contribution in [0.3, 0.4) is 0 Å². The van der Waals surface area contributed by atoms with Gasteiger partial charge in [0, 0.05) is 19.1 Å². The maximum Gasteiger partial charge on any atom is 0.0594 e. The van der Waals surface area contributed by atoms with Crippen LogP contribution in [0, 0.1) is 0 Å². The molecule has 0 saturated carbocycles. The summed E-state index contributed by atoms with van der Waals surface area (Å²) in [6.07, 6.45) is 3.75. The Morgan fingerprint density at radius 1 is 1.20 bits per heavy atom. The first-order valence-electron chi connectivity index (χ1n) is 6.40. The molecule has 3 nitrogen and oxygen atoms in total. The van der Waals surface area contributed by atoms with E-state index in [1.807, 2.05) is 0 Å². The van der Waals surface area contributed by atoms with Crippen molar-refractivity contribution in [2.75, 3.05) is 39.4 Å². The molecule has 0 atom stereocenters. The normalized spacial score (nSPS) is 18.6. The molecule has 0 bridgehead atoms. The number of rotatable bonds is 7. The highest BCUT2D eigenvalue weighted by molar-refractivity contribution is 4.65. The molecular weight excluding hydrogens is 188 g/mol. The molecule has 90 valence electrons. The molecule has 1 saturated heterocycles. The van der Waals surface area contributed by atoms with Gasteiger partial charge in [0.25, 0.3) is 0 Å². The Morgan fingerprint density at radius 2 is 1.87 bits per heavy atom. The van der Waals surface area contributed by atoms with Crippen LogP contribution in [-0.2, 0) is 4.74 Å². The lowest BCUT2D eigenvalue weighted by atomic mass is 10.2. The Kier molecular flexibility index (Phi) is 6.98. The highest BCUT2D eigenvalue weighted by atomic mass is 16.5. The number of morpholine rings is 1. The van der Waals surface area contributed by atoms with Gasteiger partial charge < -0.3 is 10.1 Å². The standard InChI is InChI=1S/C12H26N2O/c1-3-12(4-2)13-6-5-7-14-8-10-15-11-9-14/h12-13H,3-11H2,1-2H3. The Balaban J connectivity index is 1.95. The van der Waals surface area contributed by atoms with Gasteiger partial charge in [-0.1, -0.05) is 13.8 Å². The van der Waals surface area contributed by atoms with Gasteiger partial charge in [-0.15, -0.1) is 0 Å². The minimum atomic E-state index is 0.717. The molecule has 1 rings (SSSR count). The van der Waals surface area contributed by atoms with E-state index in [0.29, 0.717) is 0 Å². The van der Waals surface area contributed by atoms with E-state index >= 15 is 0 Å². The average molecular weight is 214 g/mol. The second-order valence-electron chi connectivity index (χ2n) is 4.28. The van der Waals surface area contributed by atoms with Crippen molar-refractivity contribution in [1.29, 1.82) is 0 Å². The Labute approximate surface area is 94.2 Å². The second kappa shape index (κ2) is 8.08. The Morgan fingerprint density at radius 3 is 2.47 bits per heavy atom. The van der Waals surface area contributed by atoms with E-state index in [9.17, 15) is 0 Å². The number of nitrogens with zero attached hydrogens (tertiary/aromatic N) is 1. The van der Waals surface area contributed by atoms with Crippen LogP contribution < -0.4 is 5.32 Å². The van der Waals surface area contributed by atoms with Gasteiger partial charge in [-0.3, -0.25) is 4.90 Å². The van der Waals surface area contributed by atoms with Crippen LogP contribution >= 0.6 is 0 Å². The molecule has 0 aromatic rings. The zero-order chi connectivity index (χ0) is 10.9. The molecular formula is C12H26N2O. The van der Waals surface area contributed by atoms with Crippen molar-refractivity contribution < 1.29 is 4.74 Å². The first-order valence-corrected chi connectivity index (χ1v) is 6.40. The van der Waals surface area contributed by atoms with Crippen molar-refractivity contribution in [3.63, 3.8) is 0 Å². The smallest absolute Gasteiger partial charge is 0.0594 e. The van der Waals surface area contributed by atoms with Crippen molar-refractivity contribution in [1.82, 2.24) is 10.2 Å². The zero-order valence-corrected chi connectivity index (χ0v) is 10.3. The molecule has 0 unspecified atom stereocenters. The van der Waals surface area contributed by atoms with Crippen LogP contribution in [0.1, 0.15) is 33.1 Å². The molecule has 1 aliphatic heterocycles. The summed E-state index contributed by atoms with van der Waals surface area (Å²) < 4.78 is 5.32. The van der Waals surface area contributed by atoms with Crippen molar-refractivity contribution >= 4 is 0 Å². The monoisotopic (exact) mass is 214 g/mol. The number of hydrogen-bond acceptors (Lipinski definition) is 3. The van der Waals surface area contributed by atoms with E-state index < -0.39 is 0 Å². The van der Waals surface area contributed by atoms with E-state index in [1.165, 1.54) is 25.8 Å². The summed E-state index contributed by atoms with van der Waals surface area (Å²) in [4.78, 5) is 2.50. The third-order valence-corrected chi connectivity index (χ3v) is 3.17. The summed E-state index contributed by atoms with van der Waals surface area (Å²) in [6.45, 7) is 10.9. The summed E-state index contributed by atoms with van der Waals surface area (Å²) in [6, 6.07) is 0.717. The Hall–Kier alpha value is -0.120. The molecule has 1 fully saturated rings. The summed E-state index contributed by atoms with van der Waals surface area (Å²) in [5, 5.41) is 3.60. The van der Waals surface area contributed by atoms with Crippen molar-refractivity contribution in [3.8, 4) is 0 Å². The van der Waals surface area contributed by atoms with E-state index in [2.05, 4.69) is 24.1 Å². The molecule has 1 aliphatic rings. The molecule has 1 N–H and O–H groups in total. The molecule has 0 radical (unpaired) electrons. The van der Waals surface area contributed by atoms with Crippen molar-refractivity contribution in [2.45, 2.75) is 39.2 Å². The second-order valence-corrected chi connectivity index (χ2v) is 4.28. The molecule has 0 aliphatic carbocycles. The van der Waals surface area contributed by atoms with E-state index in [-0.39, 0.29) is 0 Å². The summed E-state index contributed by atoms with van der Waals surface area (Å²) >= 11 is 0. The van der Waals surface area contributed by atoms with Crippen LogP contribution in [0.5, 0.6) is 0 Å². The first kappa shape index (κ1) is 12.9. The summed E-state index contributed by atoms with van der Waals surface area (Å²) in [5.74, 6) is 0. The number of hydrogen-bond donors (Lipinski definition) is 1. The molecule has 0 amide bonds. The van der Waals surface area contributed by atoms with Gasteiger partial charge in [-0.2, -0.15) is 0 Å². The van der Waals surface area contributed by atoms with Crippen LogP contribution in [0.2, 0.25) is 0 Å². The maximum atomic E-state index is 5.32. The van der Waals surface area contributed by atoms with Crippen LogP contribution in [0.25, 0.3) is 0 Å². The third-order valence-electron chi connectivity index (χ3n) is 3.17. The van der Waals surface area contributed by atoms with E-state index in [1.54, 1.807) is 0 Å². The molecule has 3 heteroatoms. The predicted molar refractivity (Wildman–Crippen MR) is 64.2 cm³/mol. The summed E-state index contributed by atoms with van der Waals surface area (Å²) in [7, 11) is 0. The summed E-state index contributed by atoms with van der Waals surface area (Å²) in [5.41, 5.74) is 0. The van der Waals surface area contributed by atoms with Gasteiger partial charge >= 0.3 is 0 Å². The average Bonchev–Trinajstić information content (AvgIpc) is 2.31. The fourth-order valence-corrected chi connectivity index (χ4v) is 2.01. The first-order chi connectivity index (χ1) is 7.36. The lowest BCUT2D eigenvalue weighted by Gasteiger charge is -2.26. The predicted octanol–water partition coefficient (Wildman–Crippen LogP) is 1.49.